The van der Waals surface area contributed by atoms with Crippen molar-refractivity contribution >= 4 is 10.2 Å². The highest BCUT2D eigenvalue weighted by Gasteiger charge is 2.20. The Hall–Kier alpha value is -1.02. The molecule has 1 atom stereocenters. The quantitative estimate of drug-likeness (QED) is 0.683. The van der Waals surface area contributed by atoms with Crippen LogP contribution < -0.4 is 10.0 Å². The first-order valence-electron chi connectivity index (χ1n) is 6.25. The molecule has 2 N–H and O–H groups in total. The average molecular weight is 286 g/mol. The van der Waals surface area contributed by atoms with Gasteiger partial charge in [0.15, 0.2) is 0 Å². The summed E-state index contributed by atoms with van der Waals surface area (Å²) in [5.41, 5.74) is 0.891. The molecule has 0 aliphatic rings. The lowest BCUT2D eigenvalue weighted by Gasteiger charge is -2.21. The molecule has 1 heterocycles. The Bertz CT molecular complexity index is 464. The summed E-state index contributed by atoms with van der Waals surface area (Å²) < 4.78 is 28.2. The summed E-state index contributed by atoms with van der Waals surface area (Å²) in [6, 6.07) is 3.32. The Morgan fingerprint density at radius 3 is 2.58 bits per heavy atom. The molecule has 1 rings (SSSR count). The van der Waals surface area contributed by atoms with Crippen LogP contribution in [0.15, 0.2) is 24.5 Å². The molecule has 0 fully saturated rings. The predicted octanol–water partition coefficient (Wildman–Crippen LogP) is 0.518. The fourth-order valence-electron chi connectivity index (χ4n) is 1.63. The monoisotopic (exact) mass is 286 g/mol. The van der Waals surface area contributed by atoms with Crippen LogP contribution in [0.4, 0.5) is 0 Å². The summed E-state index contributed by atoms with van der Waals surface area (Å²) in [4.78, 5) is 3.91. The van der Waals surface area contributed by atoms with Crippen molar-refractivity contribution in [3.63, 3.8) is 0 Å². The summed E-state index contributed by atoms with van der Waals surface area (Å²) in [5.74, 6) is 0. The summed E-state index contributed by atoms with van der Waals surface area (Å²) >= 11 is 0. The summed E-state index contributed by atoms with van der Waals surface area (Å²) in [6.45, 7) is 3.09. The van der Waals surface area contributed by atoms with Crippen molar-refractivity contribution < 1.29 is 8.42 Å². The van der Waals surface area contributed by atoms with Crippen molar-refractivity contribution in [2.45, 2.75) is 19.4 Å². The molecule has 1 aromatic heterocycles. The third-order valence-electron chi connectivity index (χ3n) is 2.84. The van der Waals surface area contributed by atoms with Gasteiger partial charge in [0.25, 0.3) is 10.2 Å². The molecule has 0 spiro atoms. The Labute approximate surface area is 115 Å². The summed E-state index contributed by atoms with van der Waals surface area (Å²) in [7, 11) is -0.0269. The van der Waals surface area contributed by atoms with Gasteiger partial charge in [-0.1, -0.05) is 0 Å². The molecule has 0 aliphatic carbocycles. The molecule has 0 radical (unpaired) electrons. The fraction of sp³-hybridized carbons (Fsp3) is 0.583. The van der Waals surface area contributed by atoms with Crippen LogP contribution in [0.3, 0.4) is 0 Å². The van der Waals surface area contributed by atoms with Crippen molar-refractivity contribution in [3.05, 3.63) is 30.1 Å². The summed E-state index contributed by atoms with van der Waals surface area (Å²) in [5, 5.41) is 2.99. The Morgan fingerprint density at radius 1 is 1.37 bits per heavy atom. The van der Waals surface area contributed by atoms with Crippen LogP contribution in [0.1, 0.15) is 24.9 Å². The van der Waals surface area contributed by atoms with Gasteiger partial charge in [0.2, 0.25) is 0 Å². The second-order valence-corrected chi connectivity index (χ2v) is 6.21. The lowest BCUT2D eigenvalue weighted by atomic mass is 10.1. The zero-order chi connectivity index (χ0) is 14.3. The number of pyridine rings is 1. The van der Waals surface area contributed by atoms with Crippen molar-refractivity contribution in [1.82, 2.24) is 19.3 Å². The number of hydrogen-bond acceptors (Lipinski definition) is 4. The Balaban J connectivity index is 2.59. The van der Waals surface area contributed by atoms with E-state index in [-0.39, 0.29) is 6.04 Å². The number of nitrogens with zero attached hydrogens (tertiary/aromatic N) is 2. The van der Waals surface area contributed by atoms with Crippen LogP contribution in [-0.4, -0.2) is 44.9 Å². The number of rotatable bonds is 8. The second-order valence-electron chi connectivity index (χ2n) is 4.40. The fourth-order valence-corrected chi connectivity index (χ4v) is 2.76. The topological polar surface area (TPSA) is 74.3 Å². The van der Waals surface area contributed by atoms with Gasteiger partial charge in [0.1, 0.15) is 0 Å². The van der Waals surface area contributed by atoms with Gasteiger partial charge in [-0.05, 0) is 44.6 Å². The maximum atomic E-state index is 12.1. The molecule has 108 valence electrons. The van der Waals surface area contributed by atoms with E-state index in [9.17, 15) is 8.42 Å². The lowest BCUT2D eigenvalue weighted by Crippen LogP contribution is -2.40. The highest BCUT2D eigenvalue weighted by atomic mass is 32.2. The first kappa shape index (κ1) is 16.0. The van der Waals surface area contributed by atoms with E-state index in [4.69, 9.17) is 0 Å². The molecule has 7 heteroatoms. The van der Waals surface area contributed by atoms with E-state index in [1.807, 2.05) is 14.0 Å². The van der Waals surface area contributed by atoms with E-state index in [0.29, 0.717) is 6.54 Å². The highest BCUT2D eigenvalue weighted by Crippen LogP contribution is 2.12. The summed E-state index contributed by atoms with van der Waals surface area (Å²) in [6.07, 6.45) is 4.07. The van der Waals surface area contributed by atoms with Crippen LogP contribution in [0.5, 0.6) is 0 Å². The molecule has 6 nitrogen and oxygen atoms in total. The number of aromatic nitrogens is 1. The number of hydrogen-bond donors (Lipinski definition) is 2. The van der Waals surface area contributed by atoms with Gasteiger partial charge in [-0.2, -0.15) is 17.4 Å². The minimum Gasteiger partial charge on any atom is -0.320 e. The van der Waals surface area contributed by atoms with Crippen molar-refractivity contribution in [2.75, 3.05) is 27.2 Å². The molecular weight excluding hydrogens is 264 g/mol. The normalized spacial score (nSPS) is 13.7. The van der Waals surface area contributed by atoms with Gasteiger partial charge in [-0.3, -0.25) is 4.98 Å². The molecule has 1 unspecified atom stereocenters. The minimum atomic E-state index is -3.45. The van der Waals surface area contributed by atoms with E-state index in [1.54, 1.807) is 31.6 Å². The standard InChI is InChI=1S/C12H22N4O2S/c1-11(12-5-8-14-9-6-12)15-19(17,18)16(3)10-4-7-13-2/h5-6,8-9,11,13,15H,4,7,10H2,1-3H3. The van der Waals surface area contributed by atoms with Crippen LogP contribution in [0, 0.1) is 0 Å². The SMILES string of the molecule is CNCCCN(C)S(=O)(=O)NC(C)c1ccncc1. The lowest BCUT2D eigenvalue weighted by molar-refractivity contribution is 0.441. The number of nitrogens with one attached hydrogen (secondary N) is 2. The van der Waals surface area contributed by atoms with E-state index in [0.717, 1.165) is 18.5 Å². The van der Waals surface area contributed by atoms with Crippen LogP contribution in [-0.2, 0) is 10.2 Å². The van der Waals surface area contributed by atoms with Crippen molar-refractivity contribution in [2.24, 2.45) is 0 Å². The molecule has 0 saturated heterocycles. The molecule has 0 aromatic carbocycles. The molecule has 19 heavy (non-hydrogen) atoms. The molecule has 0 amide bonds. The van der Waals surface area contributed by atoms with E-state index < -0.39 is 10.2 Å². The van der Waals surface area contributed by atoms with Gasteiger partial charge < -0.3 is 5.32 Å². The van der Waals surface area contributed by atoms with E-state index in [1.165, 1.54) is 4.31 Å². The third-order valence-corrected chi connectivity index (χ3v) is 4.50. The first-order chi connectivity index (χ1) is 8.97. The maximum Gasteiger partial charge on any atom is 0.279 e. The molecule has 0 aliphatic heterocycles. The van der Waals surface area contributed by atoms with E-state index in [2.05, 4.69) is 15.0 Å². The maximum absolute atomic E-state index is 12.1. The van der Waals surface area contributed by atoms with Crippen LogP contribution in [0.25, 0.3) is 0 Å². The zero-order valence-electron chi connectivity index (χ0n) is 11.6. The minimum absolute atomic E-state index is 0.278. The average Bonchev–Trinajstić information content (AvgIpc) is 2.39. The second kappa shape index (κ2) is 7.54. The van der Waals surface area contributed by atoms with E-state index >= 15 is 0 Å². The van der Waals surface area contributed by atoms with Gasteiger partial charge >= 0.3 is 0 Å². The molecule has 0 saturated carbocycles. The van der Waals surface area contributed by atoms with Gasteiger partial charge in [-0.15, -0.1) is 0 Å². The van der Waals surface area contributed by atoms with Crippen LogP contribution >= 0.6 is 0 Å². The zero-order valence-corrected chi connectivity index (χ0v) is 12.4. The highest BCUT2D eigenvalue weighted by molar-refractivity contribution is 7.87. The van der Waals surface area contributed by atoms with Gasteiger partial charge in [-0.25, -0.2) is 0 Å². The van der Waals surface area contributed by atoms with Crippen molar-refractivity contribution in [3.8, 4) is 0 Å². The molecule has 0 bridgehead atoms. The van der Waals surface area contributed by atoms with Crippen molar-refractivity contribution in [1.29, 1.82) is 0 Å². The smallest absolute Gasteiger partial charge is 0.279 e. The predicted molar refractivity (Wildman–Crippen MR) is 75.9 cm³/mol. The Kier molecular flexibility index (Phi) is 6.36. The Morgan fingerprint density at radius 2 is 2.00 bits per heavy atom. The molecule has 1 aromatic rings. The van der Waals surface area contributed by atoms with Crippen LogP contribution in [0.2, 0.25) is 0 Å². The third kappa shape index (κ3) is 5.23. The van der Waals surface area contributed by atoms with Gasteiger partial charge in [0.05, 0.1) is 0 Å². The largest absolute Gasteiger partial charge is 0.320 e. The molecular formula is C12H22N4O2S. The first-order valence-corrected chi connectivity index (χ1v) is 7.69. The van der Waals surface area contributed by atoms with Gasteiger partial charge in [0, 0.05) is 32.0 Å².